The van der Waals surface area contributed by atoms with Crippen LogP contribution in [0, 0.1) is 0 Å². The lowest BCUT2D eigenvalue weighted by atomic mass is 10.1. The molecule has 0 saturated heterocycles. The molecule has 1 amide bonds. The van der Waals surface area contributed by atoms with E-state index < -0.39 is 0 Å². The summed E-state index contributed by atoms with van der Waals surface area (Å²) in [7, 11) is 0. The highest BCUT2D eigenvalue weighted by Crippen LogP contribution is 2.13. The first kappa shape index (κ1) is 17.5. The van der Waals surface area contributed by atoms with Gasteiger partial charge in [-0.1, -0.05) is 12.1 Å². The van der Waals surface area contributed by atoms with E-state index in [0.717, 1.165) is 25.4 Å². The Bertz CT molecular complexity index is 431. The molecule has 0 aliphatic carbocycles. The van der Waals surface area contributed by atoms with Gasteiger partial charge in [0.05, 0.1) is 0 Å². The normalized spacial score (nSPS) is 11.3. The maximum Gasteiger partial charge on any atom is 0.260 e. The lowest BCUT2D eigenvalue weighted by molar-refractivity contribution is -0.132. The Morgan fingerprint density at radius 1 is 1.14 bits per heavy atom. The SMILES string of the molecule is CCN(CC)C(=O)COc1ccc(CNC(C)(C)C)cc1. The summed E-state index contributed by atoms with van der Waals surface area (Å²) in [6, 6.07) is 7.87. The molecule has 118 valence electrons. The molecule has 1 rings (SSSR count). The monoisotopic (exact) mass is 292 g/mol. The number of nitrogens with zero attached hydrogens (tertiary/aromatic N) is 1. The fourth-order valence-electron chi connectivity index (χ4n) is 1.88. The molecule has 0 aromatic heterocycles. The van der Waals surface area contributed by atoms with E-state index >= 15 is 0 Å². The van der Waals surface area contributed by atoms with E-state index in [4.69, 9.17) is 4.74 Å². The van der Waals surface area contributed by atoms with Gasteiger partial charge in [0.25, 0.3) is 5.91 Å². The van der Waals surface area contributed by atoms with Gasteiger partial charge in [-0.3, -0.25) is 4.79 Å². The van der Waals surface area contributed by atoms with Crippen molar-refractivity contribution < 1.29 is 9.53 Å². The number of carbonyl (C=O) groups is 1. The van der Waals surface area contributed by atoms with Gasteiger partial charge in [-0.25, -0.2) is 0 Å². The van der Waals surface area contributed by atoms with E-state index in [2.05, 4.69) is 26.1 Å². The third-order valence-electron chi connectivity index (χ3n) is 3.22. The lowest BCUT2D eigenvalue weighted by Gasteiger charge is -2.20. The van der Waals surface area contributed by atoms with Crippen molar-refractivity contribution in [2.24, 2.45) is 0 Å². The number of hydrogen-bond donors (Lipinski definition) is 1. The van der Waals surface area contributed by atoms with Gasteiger partial charge in [-0.15, -0.1) is 0 Å². The molecule has 0 spiro atoms. The number of nitrogens with one attached hydrogen (secondary N) is 1. The van der Waals surface area contributed by atoms with Crippen LogP contribution in [0.5, 0.6) is 5.75 Å². The Balaban J connectivity index is 2.46. The van der Waals surface area contributed by atoms with Gasteiger partial charge in [0.15, 0.2) is 6.61 Å². The quantitative estimate of drug-likeness (QED) is 0.840. The Labute approximate surface area is 128 Å². The summed E-state index contributed by atoms with van der Waals surface area (Å²) in [5.41, 5.74) is 1.30. The summed E-state index contributed by atoms with van der Waals surface area (Å²) in [5, 5.41) is 3.44. The van der Waals surface area contributed by atoms with E-state index in [0.29, 0.717) is 0 Å². The number of carbonyl (C=O) groups excluding carboxylic acids is 1. The second-order valence-corrected chi connectivity index (χ2v) is 6.10. The molecule has 1 N–H and O–H groups in total. The second kappa shape index (κ2) is 8.03. The predicted octanol–water partition coefficient (Wildman–Crippen LogP) is 2.82. The van der Waals surface area contributed by atoms with Crippen LogP contribution in [0.3, 0.4) is 0 Å². The molecule has 0 unspecified atom stereocenters. The molecular formula is C17H28N2O2. The largest absolute Gasteiger partial charge is 0.484 e. The Morgan fingerprint density at radius 2 is 1.71 bits per heavy atom. The highest BCUT2D eigenvalue weighted by atomic mass is 16.5. The van der Waals surface area contributed by atoms with Crippen molar-refractivity contribution in [1.82, 2.24) is 10.2 Å². The molecule has 1 aromatic carbocycles. The Hall–Kier alpha value is -1.55. The van der Waals surface area contributed by atoms with Crippen LogP contribution < -0.4 is 10.1 Å². The van der Waals surface area contributed by atoms with Gasteiger partial charge in [0.1, 0.15) is 5.75 Å². The molecule has 0 fully saturated rings. The minimum absolute atomic E-state index is 0.0264. The van der Waals surface area contributed by atoms with Gasteiger partial charge in [0.2, 0.25) is 0 Å². The number of rotatable bonds is 7. The molecule has 0 aliphatic heterocycles. The molecule has 4 heteroatoms. The lowest BCUT2D eigenvalue weighted by Crippen LogP contribution is -2.35. The van der Waals surface area contributed by atoms with Gasteiger partial charge < -0.3 is 15.0 Å². The smallest absolute Gasteiger partial charge is 0.260 e. The van der Waals surface area contributed by atoms with E-state index in [1.807, 2.05) is 38.1 Å². The average molecular weight is 292 g/mol. The van der Waals surface area contributed by atoms with Crippen LogP contribution in [0.15, 0.2) is 24.3 Å². The molecule has 1 aromatic rings. The van der Waals surface area contributed by atoms with E-state index in [1.54, 1.807) is 4.90 Å². The Kier molecular flexibility index (Phi) is 6.69. The van der Waals surface area contributed by atoms with Crippen molar-refractivity contribution in [3.8, 4) is 5.75 Å². The first-order valence-electron chi connectivity index (χ1n) is 7.60. The summed E-state index contributed by atoms with van der Waals surface area (Å²) >= 11 is 0. The summed E-state index contributed by atoms with van der Waals surface area (Å²) in [5.74, 6) is 0.758. The minimum atomic E-state index is 0.0264. The molecule has 0 heterocycles. The highest BCUT2D eigenvalue weighted by molar-refractivity contribution is 5.77. The predicted molar refractivity (Wildman–Crippen MR) is 86.5 cm³/mol. The van der Waals surface area contributed by atoms with Crippen LogP contribution in [0.25, 0.3) is 0 Å². The Morgan fingerprint density at radius 3 is 2.19 bits per heavy atom. The van der Waals surface area contributed by atoms with Crippen LogP contribution in [0.4, 0.5) is 0 Å². The average Bonchev–Trinajstić information content (AvgIpc) is 2.44. The van der Waals surface area contributed by atoms with Crippen molar-refractivity contribution in [3.63, 3.8) is 0 Å². The fourth-order valence-corrected chi connectivity index (χ4v) is 1.88. The fraction of sp³-hybridized carbons (Fsp3) is 0.588. The molecule has 0 radical (unpaired) electrons. The maximum absolute atomic E-state index is 11.8. The highest BCUT2D eigenvalue weighted by Gasteiger charge is 2.10. The van der Waals surface area contributed by atoms with Crippen molar-refractivity contribution in [3.05, 3.63) is 29.8 Å². The molecule has 21 heavy (non-hydrogen) atoms. The number of likely N-dealkylation sites (N-methyl/N-ethyl adjacent to an activating group) is 1. The van der Waals surface area contributed by atoms with Crippen molar-refractivity contribution in [1.29, 1.82) is 0 Å². The molecule has 0 aliphatic rings. The number of benzene rings is 1. The third kappa shape index (κ3) is 6.63. The summed E-state index contributed by atoms with van der Waals surface area (Å²) in [6.07, 6.45) is 0. The third-order valence-corrected chi connectivity index (χ3v) is 3.22. The van der Waals surface area contributed by atoms with Crippen LogP contribution in [0.1, 0.15) is 40.2 Å². The maximum atomic E-state index is 11.8. The zero-order valence-electron chi connectivity index (χ0n) is 13.9. The number of ether oxygens (including phenoxy) is 1. The van der Waals surface area contributed by atoms with Crippen molar-refractivity contribution >= 4 is 5.91 Å². The van der Waals surface area contributed by atoms with Crippen LogP contribution in [-0.4, -0.2) is 36.0 Å². The van der Waals surface area contributed by atoms with Crippen LogP contribution >= 0.6 is 0 Å². The molecule has 0 atom stereocenters. The van der Waals surface area contributed by atoms with Crippen molar-refractivity contribution in [2.75, 3.05) is 19.7 Å². The van der Waals surface area contributed by atoms with Gasteiger partial charge >= 0.3 is 0 Å². The zero-order valence-corrected chi connectivity index (χ0v) is 13.9. The molecule has 0 saturated carbocycles. The zero-order chi connectivity index (χ0) is 15.9. The molecule has 0 bridgehead atoms. The summed E-state index contributed by atoms with van der Waals surface area (Å²) < 4.78 is 5.54. The minimum Gasteiger partial charge on any atom is -0.484 e. The molecular weight excluding hydrogens is 264 g/mol. The van der Waals surface area contributed by atoms with Crippen LogP contribution in [0.2, 0.25) is 0 Å². The standard InChI is InChI=1S/C17H28N2O2/c1-6-19(7-2)16(20)13-21-15-10-8-14(9-11-15)12-18-17(3,4)5/h8-11,18H,6-7,12-13H2,1-5H3. The molecule has 4 nitrogen and oxygen atoms in total. The van der Waals surface area contributed by atoms with E-state index in [1.165, 1.54) is 5.56 Å². The van der Waals surface area contributed by atoms with Crippen LogP contribution in [-0.2, 0) is 11.3 Å². The summed E-state index contributed by atoms with van der Waals surface area (Å²) in [6.45, 7) is 12.7. The van der Waals surface area contributed by atoms with Crippen molar-refractivity contribution in [2.45, 2.75) is 46.7 Å². The topological polar surface area (TPSA) is 41.6 Å². The first-order chi connectivity index (χ1) is 9.85. The van der Waals surface area contributed by atoms with E-state index in [9.17, 15) is 4.79 Å². The van der Waals surface area contributed by atoms with E-state index in [-0.39, 0.29) is 18.1 Å². The first-order valence-corrected chi connectivity index (χ1v) is 7.60. The second-order valence-electron chi connectivity index (χ2n) is 6.10. The van der Waals surface area contributed by atoms with Gasteiger partial charge in [-0.2, -0.15) is 0 Å². The van der Waals surface area contributed by atoms with Gasteiger partial charge in [-0.05, 0) is 52.3 Å². The number of hydrogen-bond acceptors (Lipinski definition) is 3. The van der Waals surface area contributed by atoms with Gasteiger partial charge in [0, 0.05) is 25.2 Å². The summed E-state index contributed by atoms with van der Waals surface area (Å²) in [4.78, 5) is 13.6. The number of amides is 1.